The largest absolute Gasteiger partial charge is 0.396 e. The molecule has 0 aliphatic rings. The van der Waals surface area contributed by atoms with Crippen molar-refractivity contribution in [3.8, 4) is 0 Å². The third-order valence-corrected chi connectivity index (χ3v) is 2.80. The summed E-state index contributed by atoms with van der Waals surface area (Å²) in [5, 5.41) is 18.1. The van der Waals surface area contributed by atoms with Crippen molar-refractivity contribution in [3.05, 3.63) is 48.0 Å². The van der Waals surface area contributed by atoms with E-state index in [9.17, 15) is 0 Å². The monoisotopic (exact) mass is 220 g/mol. The number of hydrogen-bond acceptors (Lipinski definition) is 2. The molecule has 0 heterocycles. The van der Waals surface area contributed by atoms with Crippen LogP contribution in [0.4, 0.5) is 0 Å². The van der Waals surface area contributed by atoms with Crippen molar-refractivity contribution < 1.29 is 10.2 Å². The van der Waals surface area contributed by atoms with Crippen LogP contribution >= 0.6 is 0 Å². The average molecular weight is 220 g/mol. The fourth-order valence-electron chi connectivity index (χ4n) is 2.04. The minimum absolute atomic E-state index is 0.164. The molecule has 1 rings (SSSR count). The van der Waals surface area contributed by atoms with Crippen molar-refractivity contribution in [2.75, 3.05) is 13.2 Å². The number of rotatable bonds is 7. The van der Waals surface area contributed by atoms with Crippen LogP contribution in [0.1, 0.15) is 29.9 Å². The third kappa shape index (κ3) is 3.47. The second-order valence-corrected chi connectivity index (χ2v) is 3.91. The highest BCUT2D eigenvalue weighted by Gasteiger charge is 2.12. The molecule has 0 radical (unpaired) electrons. The molecule has 0 fully saturated rings. The molecular formula is C14H20O2. The second-order valence-electron chi connectivity index (χ2n) is 3.91. The summed E-state index contributed by atoms with van der Waals surface area (Å²) in [6.45, 7) is 4.10. The fourth-order valence-corrected chi connectivity index (χ4v) is 2.04. The molecule has 2 N–H and O–H groups in total. The van der Waals surface area contributed by atoms with Crippen LogP contribution in [0, 0.1) is 0 Å². The summed E-state index contributed by atoms with van der Waals surface area (Å²) < 4.78 is 0. The van der Waals surface area contributed by atoms with Crippen molar-refractivity contribution in [2.45, 2.75) is 25.2 Å². The zero-order chi connectivity index (χ0) is 11.8. The first-order valence-corrected chi connectivity index (χ1v) is 5.74. The molecule has 0 spiro atoms. The Hall–Kier alpha value is -1.12. The highest BCUT2D eigenvalue weighted by atomic mass is 16.3. The van der Waals surface area contributed by atoms with E-state index < -0.39 is 0 Å². The van der Waals surface area contributed by atoms with Gasteiger partial charge in [-0.15, -0.1) is 6.58 Å². The second kappa shape index (κ2) is 7.20. The number of hydrogen-bond donors (Lipinski definition) is 2. The normalized spacial score (nSPS) is 12.4. The maximum absolute atomic E-state index is 9.06. The Morgan fingerprint density at radius 2 is 1.94 bits per heavy atom. The zero-order valence-electron chi connectivity index (χ0n) is 9.60. The van der Waals surface area contributed by atoms with E-state index in [4.69, 9.17) is 10.2 Å². The quantitative estimate of drug-likeness (QED) is 0.692. The van der Waals surface area contributed by atoms with Crippen LogP contribution in [0.2, 0.25) is 0 Å². The summed E-state index contributed by atoms with van der Waals surface area (Å²) in [7, 11) is 0. The van der Waals surface area contributed by atoms with Crippen molar-refractivity contribution in [2.24, 2.45) is 0 Å². The van der Waals surface area contributed by atoms with E-state index in [-0.39, 0.29) is 13.2 Å². The van der Waals surface area contributed by atoms with Crippen LogP contribution in [0.5, 0.6) is 0 Å². The van der Waals surface area contributed by atoms with Gasteiger partial charge in [-0.25, -0.2) is 0 Å². The maximum atomic E-state index is 9.06. The Kier molecular flexibility index (Phi) is 5.83. The first kappa shape index (κ1) is 12.9. The molecule has 2 heteroatoms. The van der Waals surface area contributed by atoms with Crippen molar-refractivity contribution >= 4 is 0 Å². The van der Waals surface area contributed by atoms with Crippen LogP contribution < -0.4 is 0 Å². The molecule has 0 amide bonds. The maximum Gasteiger partial charge on any atom is 0.0471 e. The molecule has 0 saturated heterocycles. The van der Waals surface area contributed by atoms with Crippen molar-refractivity contribution in [1.29, 1.82) is 0 Å². The van der Waals surface area contributed by atoms with E-state index in [1.54, 1.807) is 0 Å². The molecule has 0 saturated carbocycles. The number of aliphatic hydroxyl groups is 2. The molecule has 1 aromatic carbocycles. The molecule has 0 bridgehead atoms. The highest BCUT2D eigenvalue weighted by molar-refractivity contribution is 5.31. The van der Waals surface area contributed by atoms with Gasteiger partial charge in [-0.2, -0.15) is 0 Å². The topological polar surface area (TPSA) is 40.5 Å². The van der Waals surface area contributed by atoms with E-state index in [1.807, 2.05) is 24.3 Å². The van der Waals surface area contributed by atoms with E-state index in [0.717, 1.165) is 12.8 Å². The summed E-state index contributed by atoms with van der Waals surface area (Å²) in [5.41, 5.74) is 2.40. The summed E-state index contributed by atoms with van der Waals surface area (Å²) in [6, 6.07) is 8.11. The van der Waals surface area contributed by atoms with Gasteiger partial charge in [0, 0.05) is 13.2 Å². The van der Waals surface area contributed by atoms with Crippen LogP contribution in [0.25, 0.3) is 0 Å². The Balaban J connectivity index is 2.92. The summed E-state index contributed by atoms with van der Waals surface area (Å²) in [5.74, 6) is 0.310. The standard InChI is InChI=1S/C14H20O2/c1-2-5-12(8-10-15)14-7-4-3-6-13(14)9-11-16/h2-4,6-7,12,15-16H,1,5,8-11H2. The van der Waals surface area contributed by atoms with Gasteiger partial charge in [0.2, 0.25) is 0 Å². The number of allylic oxidation sites excluding steroid dienone is 1. The molecule has 88 valence electrons. The van der Waals surface area contributed by atoms with E-state index in [1.165, 1.54) is 11.1 Å². The summed E-state index contributed by atoms with van der Waals surface area (Å²) in [6.07, 6.45) is 4.17. The van der Waals surface area contributed by atoms with Crippen molar-refractivity contribution in [3.63, 3.8) is 0 Å². The molecule has 16 heavy (non-hydrogen) atoms. The van der Waals surface area contributed by atoms with Gasteiger partial charge < -0.3 is 10.2 Å². The summed E-state index contributed by atoms with van der Waals surface area (Å²) in [4.78, 5) is 0. The van der Waals surface area contributed by atoms with E-state index in [2.05, 4.69) is 12.6 Å². The van der Waals surface area contributed by atoms with E-state index >= 15 is 0 Å². The van der Waals surface area contributed by atoms with Gasteiger partial charge in [-0.1, -0.05) is 30.3 Å². The van der Waals surface area contributed by atoms with Gasteiger partial charge >= 0.3 is 0 Å². The lowest BCUT2D eigenvalue weighted by atomic mass is 9.88. The minimum Gasteiger partial charge on any atom is -0.396 e. The summed E-state index contributed by atoms with van der Waals surface area (Å²) >= 11 is 0. The van der Waals surface area contributed by atoms with Gasteiger partial charge in [0.25, 0.3) is 0 Å². The fraction of sp³-hybridized carbons (Fsp3) is 0.429. The zero-order valence-corrected chi connectivity index (χ0v) is 9.60. The third-order valence-electron chi connectivity index (χ3n) is 2.80. The molecular weight excluding hydrogens is 200 g/mol. The molecule has 1 unspecified atom stereocenters. The first-order valence-electron chi connectivity index (χ1n) is 5.74. The highest BCUT2D eigenvalue weighted by Crippen LogP contribution is 2.27. The predicted molar refractivity (Wildman–Crippen MR) is 66.5 cm³/mol. The average Bonchev–Trinajstić information content (AvgIpc) is 2.30. The Bertz CT molecular complexity index is 320. The van der Waals surface area contributed by atoms with Gasteiger partial charge in [-0.05, 0) is 36.3 Å². The SMILES string of the molecule is C=CCC(CCO)c1ccccc1CCO. The van der Waals surface area contributed by atoms with Crippen LogP contribution in [-0.2, 0) is 6.42 Å². The van der Waals surface area contributed by atoms with Crippen LogP contribution in [-0.4, -0.2) is 23.4 Å². The smallest absolute Gasteiger partial charge is 0.0471 e. The molecule has 1 aromatic rings. The van der Waals surface area contributed by atoms with Crippen molar-refractivity contribution in [1.82, 2.24) is 0 Å². The van der Waals surface area contributed by atoms with Gasteiger partial charge in [0.1, 0.15) is 0 Å². The lowest BCUT2D eigenvalue weighted by Gasteiger charge is -2.18. The Morgan fingerprint density at radius 3 is 2.56 bits per heavy atom. The molecule has 2 nitrogen and oxygen atoms in total. The molecule has 1 atom stereocenters. The lowest BCUT2D eigenvalue weighted by Crippen LogP contribution is -2.05. The van der Waals surface area contributed by atoms with Crippen LogP contribution in [0.15, 0.2) is 36.9 Å². The molecule has 0 aromatic heterocycles. The number of aliphatic hydroxyl groups excluding tert-OH is 2. The van der Waals surface area contributed by atoms with Gasteiger partial charge in [-0.3, -0.25) is 0 Å². The lowest BCUT2D eigenvalue weighted by molar-refractivity contribution is 0.274. The Labute approximate surface area is 97.2 Å². The predicted octanol–water partition coefficient (Wildman–Crippen LogP) is 2.26. The van der Waals surface area contributed by atoms with Gasteiger partial charge in [0.05, 0.1) is 0 Å². The Morgan fingerprint density at radius 1 is 1.19 bits per heavy atom. The molecule has 0 aliphatic heterocycles. The van der Waals surface area contributed by atoms with E-state index in [0.29, 0.717) is 12.3 Å². The van der Waals surface area contributed by atoms with Crippen LogP contribution in [0.3, 0.4) is 0 Å². The molecule has 0 aliphatic carbocycles. The van der Waals surface area contributed by atoms with Gasteiger partial charge in [0.15, 0.2) is 0 Å². The first-order chi connectivity index (χ1) is 7.83. The number of benzene rings is 1. The minimum atomic E-state index is 0.164.